The van der Waals surface area contributed by atoms with Gasteiger partial charge in [0.25, 0.3) is 5.56 Å². The highest BCUT2D eigenvalue weighted by atomic mass is 16.6. The summed E-state index contributed by atoms with van der Waals surface area (Å²) in [6.07, 6.45) is -2.44. The highest BCUT2D eigenvalue weighted by molar-refractivity contribution is 5.01. The molecule has 2 heterocycles. The molecule has 8 heteroatoms. The molecule has 0 unspecified atom stereocenters. The van der Waals surface area contributed by atoms with Gasteiger partial charge in [-0.3, -0.25) is 14.3 Å². The lowest BCUT2D eigenvalue weighted by molar-refractivity contribution is -0.130. The van der Waals surface area contributed by atoms with Crippen LogP contribution >= 0.6 is 0 Å². The van der Waals surface area contributed by atoms with E-state index in [-0.39, 0.29) is 6.42 Å². The molecule has 2 rings (SSSR count). The third kappa shape index (κ3) is 2.12. The third-order valence-electron chi connectivity index (χ3n) is 3.50. The minimum atomic E-state index is -1.38. The molecule has 4 atom stereocenters. The van der Waals surface area contributed by atoms with Crippen molar-refractivity contribution in [3.05, 3.63) is 33.1 Å². The zero-order valence-corrected chi connectivity index (χ0v) is 10.3. The number of ether oxygens (including phenoxy) is 1. The zero-order chi connectivity index (χ0) is 14.2. The minimum absolute atomic E-state index is 0.260. The van der Waals surface area contributed by atoms with Crippen LogP contribution in [-0.4, -0.2) is 49.3 Å². The normalized spacial score (nSPS) is 34.6. The number of nitrogens with one attached hydrogen (secondary N) is 1. The van der Waals surface area contributed by atoms with Crippen LogP contribution in [0.3, 0.4) is 0 Å². The lowest BCUT2D eigenvalue weighted by atomic mass is 9.93. The molecular weight excluding hydrogens is 256 g/mol. The average Bonchev–Trinajstić information content (AvgIpc) is 2.64. The fraction of sp³-hybridized carbons (Fsp3) is 0.636. The molecule has 0 bridgehead atoms. The largest absolute Gasteiger partial charge is 0.393 e. The topological polar surface area (TPSA) is 125 Å². The smallest absolute Gasteiger partial charge is 0.330 e. The molecule has 0 aliphatic carbocycles. The quantitative estimate of drug-likeness (QED) is 0.501. The maximum Gasteiger partial charge on any atom is 0.330 e. The second kappa shape index (κ2) is 4.89. The first-order valence-electron chi connectivity index (χ1n) is 5.91. The van der Waals surface area contributed by atoms with Crippen molar-refractivity contribution in [2.45, 2.75) is 37.4 Å². The SMILES string of the molecule is CC[C@]1(CO)O[C@@H](n2ccc(=O)[nH]c2=O)[C@H](O)[C@@H]1O. The molecule has 0 saturated carbocycles. The standard InChI is InChI=1S/C11H16N2O6/c1-2-11(5-14)8(17)7(16)9(19-11)13-4-3-6(15)12-10(13)18/h3-4,7-9,14,16-17H,2,5H2,1H3,(H,12,15,18)/t7-,8+,9-,11-/m1/s1. The number of aromatic amines is 1. The van der Waals surface area contributed by atoms with Crippen LogP contribution in [-0.2, 0) is 4.74 Å². The lowest BCUT2D eigenvalue weighted by Crippen LogP contribution is -2.45. The second-order valence-electron chi connectivity index (χ2n) is 4.54. The Morgan fingerprint density at radius 2 is 2.16 bits per heavy atom. The Bertz CT molecular complexity index is 561. The van der Waals surface area contributed by atoms with E-state index in [2.05, 4.69) is 0 Å². The van der Waals surface area contributed by atoms with Gasteiger partial charge in [-0.2, -0.15) is 0 Å². The van der Waals surface area contributed by atoms with Crippen molar-refractivity contribution < 1.29 is 20.1 Å². The molecule has 8 nitrogen and oxygen atoms in total. The van der Waals surface area contributed by atoms with Crippen molar-refractivity contribution in [3.63, 3.8) is 0 Å². The summed E-state index contributed by atoms with van der Waals surface area (Å²) in [4.78, 5) is 24.7. The fourth-order valence-electron chi connectivity index (χ4n) is 2.23. The summed E-state index contributed by atoms with van der Waals surface area (Å²) in [6.45, 7) is 1.19. The first-order chi connectivity index (χ1) is 8.95. The van der Waals surface area contributed by atoms with E-state index in [0.717, 1.165) is 10.6 Å². The number of nitrogens with zero attached hydrogens (tertiary/aromatic N) is 1. The van der Waals surface area contributed by atoms with Gasteiger partial charge in [0.1, 0.15) is 17.8 Å². The van der Waals surface area contributed by atoms with Crippen LogP contribution in [0.5, 0.6) is 0 Å². The predicted octanol–water partition coefficient (Wildman–Crippen LogP) is -2.07. The van der Waals surface area contributed by atoms with Crippen molar-refractivity contribution in [1.82, 2.24) is 9.55 Å². The van der Waals surface area contributed by atoms with E-state index in [0.29, 0.717) is 0 Å². The van der Waals surface area contributed by atoms with E-state index in [4.69, 9.17) is 4.74 Å². The zero-order valence-electron chi connectivity index (χ0n) is 10.3. The first kappa shape index (κ1) is 13.9. The highest BCUT2D eigenvalue weighted by Crippen LogP contribution is 2.38. The van der Waals surface area contributed by atoms with Crippen LogP contribution in [0.15, 0.2) is 21.9 Å². The minimum Gasteiger partial charge on any atom is -0.393 e. The Morgan fingerprint density at radius 1 is 1.47 bits per heavy atom. The van der Waals surface area contributed by atoms with Crippen molar-refractivity contribution in [1.29, 1.82) is 0 Å². The molecule has 19 heavy (non-hydrogen) atoms. The highest BCUT2D eigenvalue weighted by Gasteiger charge is 2.53. The summed E-state index contributed by atoms with van der Waals surface area (Å²) in [5.74, 6) is 0. The van der Waals surface area contributed by atoms with Gasteiger partial charge < -0.3 is 20.1 Å². The molecular formula is C11H16N2O6. The monoisotopic (exact) mass is 272 g/mol. The molecule has 1 aliphatic rings. The number of H-pyrrole nitrogens is 1. The molecule has 4 N–H and O–H groups in total. The third-order valence-corrected chi connectivity index (χ3v) is 3.50. The number of hydrogen-bond donors (Lipinski definition) is 4. The Kier molecular flexibility index (Phi) is 3.59. The molecule has 0 radical (unpaired) electrons. The molecule has 1 aromatic heterocycles. The van der Waals surface area contributed by atoms with Gasteiger partial charge in [0.05, 0.1) is 6.61 Å². The van der Waals surface area contributed by atoms with Crippen molar-refractivity contribution in [2.24, 2.45) is 0 Å². The van der Waals surface area contributed by atoms with Gasteiger partial charge in [0.15, 0.2) is 6.23 Å². The molecule has 0 aromatic carbocycles. The summed E-state index contributed by atoms with van der Waals surface area (Å²) < 4.78 is 6.44. The maximum atomic E-state index is 11.6. The van der Waals surface area contributed by atoms with E-state index < -0.39 is 41.9 Å². The summed E-state index contributed by atoms with van der Waals surface area (Å²) >= 11 is 0. The van der Waals surface area contributed by atoms with Crippen molar-refractivity contribution in [3.8, 4) is 0 Å². The van der Waals surface area contributed by atoms with Crippen LogP contribution in [0.1, 0.15) is 19.6 Å². The van der Waals surface area contributed by atoms with Crippen LogP contribution in [0.25, 0.3) is 0 Å². The molecule has 1 aromatic rings. The number of hydrogen-bond acceptors (Lipinski definition) is 6. The van der Waals surface area contributed by atoms with Crippen LogP contribution in [0.4, 0.5) is 0 Å². The molecule has 106 valence electrons. The number of aliphatic hydroxyl groups excluding tert-OH is 3. The molecule has 1 aliphatic heterocycles. The maximum absolute atomic E-state index is 11.6. The van der Waals surface area contributed by atoms with Gasteiger partial charge in [0, 0.05) is 12.3 Å². The fourth-order valence-corrected chi connectivity index (χ4v) is 2.23. The average molecular weight is 272 g/mol. The molecule has 1 saturated heterocycles. The van der Waals surface area contributed by atoms with Gasteiger partial charge in [-0.05, 0) is 6.42 Å². The van der Waals surface area contributed by atoms with Gasteiger partial charge in [-0.1, -0.05) is 6.92 Å². The van der Waals surface area contributed by atoms with Crippen LogP contribution in [0.2, 0.25) is 0 Å². The van der Waals surface area contributed by atoms with Gasteiger partial charge in [-0.25, -0.2) is 4.79 Å². The van der Waals surface area contributed by atoms with Crippen LogP contribution < -0.4 is 11.2 Å². The number of aromatic nitrogens is 2. The molecule has 1 fully saturated rings. The van der Waals surface area contributed by atoms with E-state index in [1.807, 2.05) is 4.98 Å². The van der Waals surface area contributed by atoms with Crippen molar-refractivity contribution >= 4 is 0 Å². The van der Waals surface area contributed by atoms with E-state index in [1.165, 1.54) is 6.20 Å². The number of aliphatic hydroxyl groups is 3. The molecule has 0 spiro atoms. The van der Waals surface area contributed by atoms with Gasteiger partial charge in [0.2, 0.25) is 0 Å². The van der Waals surface area contributed by atoms with E-state index in [1.54, 1.807) is 6.92 Å². The Balaban J connectivity index is 2.42. The van der Waals surface area contributed by atoms with Crippen molar-refractivity contribution in [2.75, 3.05) is 6.61 Å². The number of rotatable bonds is 3. The van der Waals surface area contributed by atoms with E-state index >= 15 is 0 Å². The second-order valence-corrected chi connectivity index (χ2v) is 4.54. The Hall–Kier alpha value is -1.48. The van der Waals surface area contributed by atoms with Gasteiger partial charge >= 0.3 is 5.69 Å². The molecule has 0 amide bonds. The van der Waals surface area contributed by atoms with E-state index in [9.17, 15) is 24.9 Å². The predicted molar refractivity (Wildman–Crippen MR) is 63.6 cm³/mol. The summed E-state index contributed by atoms with van der Waals surface area (Å²) in [6, 6.07) is 1.11. The summed E-state index contributed by atoms with van der Waals surface area (Å²) in [7, 11) is 0. The summed E-state index contributed by atoms with van der Waals surface area (Å²) in [5.41, 5.74) is -2.65. The summed E-state index contributed by atoms with van der Waals surface area (Å²) in [5, 5.41) is 29.3. The lowest BCUT2D eigenvalue weighted by Gasteiger charge is -2.28. The van der Waals surface area contributed by atoms with Gasteiger partial charge in [-0.15, -0.1) is 0 Å². The first-order valence-corrected chi connectivity index (χ1v) is 5.91. The Labute approximate surface area is 107 Å². The Morgan fingerprint density at radius 3 is 2.63 bits per heavy atom. The van der Waals surface area contributed by atoms with Crippen LogP contribution in [0, 0.1) is 0 Å².